The van der Waals surface area contributed by atoms with Gasteiger partial charge in [0.2, 0.25) is 0 Å². The normalized spacial score (nSPS) is 18.8. The lowest BCUT2D eigenvalue weighted by Gasteiger charge is -2.31. The summed E-state index contributed by atoms with van der Waals surface area (Å²) in [6.45, 7) is 9.26. The Hall–Kier alpha value is -2.83. The van der Waals surface area contributed by atoms with E-state index in [1.807, 2.05) is 43.1 Å². The van der Waals surface area contributed by atoms with Gasteiger partial charge in [-0.25, -0.2) is 0 Å². The fourth-order valence-electron chi connectivity index (χ4n) is 4.59. The van der Waals surface area contributed by atoms with Crippen molar-refractivity contribution in [1.29, 1.82) is 0 Å². The summed E-state index contributed by atoms with van der Waals surface area (Å²) >= 11 is 0. The van der Waals surface area contributed by atoms with E-state index in [4.69, 9.17) is 14.2 Å². The third kappa shape index (κ3) is 7.58. The molecule has 1 fully saturated rings. The molecule has 3 aromatic rings. The smallest absolute Gasteiger partial charge is 0.119 e. The van der Waals surface area contributed by atoms with Gasteiger partial charge in [-0.05, 0) is 75.5 Å². The van der Waals surface area contributed by atoms with E-state index in [0.717, 1.165) is 69.1 Å². The Bertz CT molecular complexity index is 1030. The maximum Gasteiger partial charge on any atom is 0.119 e. The van der Waals surface area contributed by atoms with Crippen LogP contribution in [0.25, 0.3) is 0 Å². The summed E-state index contributed by atoms with van der Waals surface area (Å²) in [7, 11) is 1.82. The summed E-state index contributed by atoms with van der Waals surface area (Å²) in [4.78, 5) is 2.52. The lowest BCUT2D eigenvalue weighted by Crippen LogP contribution is -2.39. The second-order valence-corrected chi connectivity index (χ2v) is 9.68. The number of methoxy groups -OCH3 is 1. The Kier molecular flexibility index (Phi) is 8.83. The molecule has 1 saturated heterocycles. The number of hydrogen-bond acceptors (Lipinski definition) is 5. The van der Waals surface area contributed by atoms with Crippen LogP contribution in [-0.2, 0) is 17.8 Å². The first-order chi connectivity index (χ1) is 17.0. The Morgan fingerprint density at radius 3 is 2.34 bits per heavy atom. The Balaban J connectivity index is 1.21. The van der Waals surface area contributed by atoms with Crippen LogP contribution in [0.2, 0.25) is 0 Å². The van der Waals surface area contributed by atoms with Crippen LogP contribution in [0.1, 0.15) is 42.5 Å². The molecular weight excluding hydrogens is 438 g/mol. The van der Waals surface area contributed by atoms with Crippen LogP contribution in [0.15, 0.2) is 60.8 Å². The molecule has 0 bridgehead atoms. The van der Waals surface area contributed by atoms with E-state index in [9.17, 15) is 0 Å². The molecule has 1 atom stereocenters. The molecule has 188 valence electrons. The number of hydrogen-bond donors (Lipinski definition) is 0. The van der Waals surface area contributed by atoms with Crippen molar-refractivity contribution in [3.05, 3.63) is 77.6 Å². The van der Waals surface area contributed by atoms with Gasteiger partial charge < -0.3 is 14.2 Å². The molecule has 6 nitrogen and oxygen atoms in total. The van der Waals surface area contributed by atoms with E-state index in [1.165, 1.54) is 11.1 Å². The van der Waals surface area contributed by atoms with Gasteiger partial charge >= 0.3 is 0 Å². The van der Waals surface area contributed by atoms with Crippen molar-refractivity contribution < 1.29 is 14.2 Å². The molecule has 0 amide bonds. The molecule has 4 rings (SSSR count). The highest BCUT2D eigenvalue weighted by Gasteiger charge is 2.33. The molecular formula is C29H39N3O3. The molecule has 0 N–H and O–H groups in total. The zero-order valence-electron chi connectivity index (χ0n) is 21.4. The number of rotatable bonds is 11. The first-order valence-corrected chi connectivity index (χ1v) is 12.7. The van der Waals surface area contributed by atoms with E-state index in [1.54, 1.807) is 0 Å². The summed E-state index contributed by atoms with van der Waals surface area (Å²) in [5.74, 6) is 1.83. The molecule has 0 spiro atoms. The molecule has 1 aliphatic heterocycles. The summed E-state index contributed by atoms with van der Waals surface area (Å²) in [5, 5.41) is 4.41. The van der Waals surface area contributed by atoms with Gasteiger partial charge in [0.1, 0.15) is 23.7 Å². The van der Waals surface area contributed by atoms with E-state index in [2.05, 4.69) is 53.3 Å². The van der Waals surface area contributed by atoms with Crippen molar-refractivity contribution in [3.63, 3.8) is 0 Å². The summed E-state index contributed by atoms with van der Waals surface area (Å²) in [6.07, 6.45) is 6.03. The zero-order valence-corrected chi connectivity index (χ0v) is 21.4. The van der Waals surface area contributed by atoms with Gasteiger partial charge in [-0.2, -0.15) is 5.10 Å². The Morgan fingerprint density at radius 1 is 0.886 bits per heavy atom. The van der Waals surface area contributed by atoms with Crippen molar-refractivity contribution in [2.24, 2.45) is 0 Å². The fourth-order valence-corrected chi connectivity index (χ4v) is 4.59. The van der Waals surface area contributed by atoms with Crippen molar-refractivity contribution >= 4 is 0 Å². The van der Waals surface area contributed by atoms with Gasteiger partial charge in [-0.15, -0.1) is 0 Å². The topological polar surface area (TPSA) is 48.8 Å². The van der Waals surface area contributed by atoms with Crippen LogP contribution in [0.3, 0.4) is 0 Å². The third-order valence-corrected chi connectivity index (χ3v) is 6.85. The van der Waals surface area contributed by atoms with Crippen molar-refractivity contribution in [1.82, 2.24) is 14.7 Å². The van der Waals surface area contributed by atoms with Crippen LogP contribution in [0.4, 0.5) is 0 Å². The predicted molar refractivity (Wildman–Crippen MR) is 139 cm³/mol. The molecule has 0 unspecified atom stereocenters. The molecule has 0 radical (unpaired) electrons. The summed E-state index contributed by atoms with van der Waals surface area (Å²) in [5.41, 5.74) is 3.37. The maximum absolute atomic E-state index is 6.12. The van der Waals surface area contributed by atoms with Crippen LogP contribution >= 0.6 is 0 Å². The van der Waals surface area contributed by atoms with Crippen molar-refractivity contribution in [2.45, 2.75) is 58.2 Å². The van der Waals surface area contributed by atoms with Crippen LogP contribution in [0, 0.1) is 13.8 Å². The molecule has 1 aromatic heterocycles. The number of aryl methyl sites for hydroxylation is 3. The fraction of sp³-hybridized carbons (Fsp3) is 0.483. The van der Waals surface area contributed by atoms with E-state index in [-0.39, 0.29) is 5.60 Å². The van der Waals surface area contributed by atoms with Gasteiger partial charge in [0.25, 0.3) is 0 Å². The largest absolute Gasteiger partial charge is 0.494 e. The number of ether oxygens (including phenoxy) is 3. The minimum absolute atomic E-state index is 0.230. The van der Waals surface area contributed by atoms with Crippen LogP contribution in [0.5, 0.6) is 11.5 Å². The number of nitrogens with zero attached hydrogens (tertiary/aromatic N) is 3. The summed E-state index contributed by atoms with van der Waals surface area (Å²) in [6, 6.07) is 18.8. The molecule has 2 aromatic carbocycles. The highest BCUT2D eigenvalue weighted by atomic mass is 16.5. The van der Waals surface area contributed by atoms with E-state index in [0.29, 0.717) is 13.2 Å². The van der Waals surface area contributed by atoms with E-state index >= 15 is 0 Å². The van der Waals surface area contributed by atoms with Gasteiger partial charge in [-0.1, -0.05) is 29.8 Å². The standard InChI is InChI=1S/C29H39N3O3/c1-24-6-10-28(11-7-24)35-23-29(33-3)15-4-17-31(20-16-29)22-26-8-12-27(13-9-26)34-21-5-18-32-19-14-25(2)30-32/h6-14,19H,4-5,15-18,20-23H2,1-3H3/t29-/m0/s1. The number of aromatic nitrogens is 2. The molecule has 0 aliphatic carbocycles. The first kappa shape index (κ1) is 25.3. The molecule has 35 heavy (non-hydrogen) atoms. The third-order valence-electron chi connectivity index (χ3n) is 6.85. The highest BCUT2D eigenvalue weighted by Crippen LogP contribution is 2.28. The number of likely N-dealkylation sites (tertiary alicyclic amines) is 1. The highest BCUT2D eigenvalue weighted by molar-refractivity contribution is 5.27. The van der Waals surface area contributed by atoms with Crippen LogP contribution < -0.4 is 9.47 Å². The van der Waals surface area contributed by atoms with Gasteiger partial charge in [0.05, 0.1) is 12.3 Å². The van der Waals surface area contributed by atoms with Gasteiger partial charge in [0, 0.05) is 39.4 Å². The van der Waals surface area contributed by atoms with Gasteiger partial charge in [-0.3, -0.25) is 9.58 Å². The van der Waals surface area contributed by atoms with Gasteiger partial charge in [0.15, 0.2) is 0 Å². The first-order valence-electron chi connectivity index (χ1n) is 12.7. The second kappa shape index (κ2) is 12.2. The molecule has 2 heterocycles. The maximum atomic E-state index is 6.12. The molecule has 1 aliphatic rings. The van der Waals surface area contributed by atoms with Crippen molar-refractivity contribution in [3.8, 4) is 11.5 Å². The SMILES string of the molecule is CO[C@@]1(COc2ccc(C)cc2)CCCN(Cc2ccc(OCCCn3ccc(C)n3)cc2)CC1. The second-order valence-electron chi connectivity index (χ2n) is 9.68. The number of benzene rings is 2. The average Bonchev–Trinajstić information content (AvgIpc) is 3.18. The lowest BCUT2D eigenvalue weighted by atomic mass is 9.95. The predicted octanol–water partition coefficient (Wildman–Crippen LogP) is 5.42. The monoisotopic (exact) mass is 477 g/mol. The van der Waals surface area contributed by atoms with Crippen LogP contribution in [-0.4, -0.2) is 53.7 Å². The van der Waals surface area contributed by atoms with Crippen molar-refractivity contribution in [2.75, 3.05) is 33.4 Å². The Labute approximate surface area is 209 Å². The minimum atomic E-state index is -0.230. The minimum Gasteiger partial charge on any atom is -0.494 e. The molecule has 0 saturated carbocycles. The molecule has 6 heteroatoms. The Morgan fingerprint density at radius 2 is 1.63 bits per heavy atom. The summed E-state index contributed by atoms with van der Waals surface area (Å²) < 4.78 is 20.0. The van der Waals surface area contributed by atoms with E-state index < -0.39 is 0 Å². The quantitative estimate of drug-likeness (QED) is 0.345. The average molecular weight is 478 g/mol. The lowest BCUT2D eigenvalue weighted by molar-refractivity contribution is -0.0541. The zero-order chi connectivity index (χ0) is 24.5.